The van der Waals surface area contributed by atoms with Crippen molar-refractivity contribution in [2.45, 2.75) is 32.6 Å². The van der Waals surface area contributed by atoms with Crippen LogP contribution in [0.2, 0.25) is 0 Å². The molecule has 0 fully saturated rings. The van der Waals surface area contributed by atoms with E-state index in [4.69, 9.17) is 0 Å². The van der Waals surface area contributed by atoms with Gasteiger partial charge in [0.1, 0.15) is 5.82 Å². The summed E-state index contributed by atoms with van der Waals surface area (Å²) in [6.07, 6.45) is 0.915. The highest BCUT2D eigenvalue weighted by Gasteiger charge is 2.42. The number of carbonyl (C=O) groups excluding carboxylic acids is 1. The molecule has 9 heteroatoms. The SMILES string of the molecule is Cn1c2c(c(=O)n(C)c1=O)[C@@H](c1ccc([N+](=O)[O-])cc1)C1=C(CC(C)(C)CC1=O)N2. The lowest BCUT2D eigenvalue weighted by molar-refractivity contribution is -0.384. The summed E-state index contributed by atoms with van der Waals surface area (Å²) in [6.45, 7) is 3.99. The number of anilines is 1. The number of carbonyl (C=O) groups is 1. The van der Waals surface area contributed by atoms with Gasteiger partial charge in [-0.25, -0.2) is 4.79 Å². The number of aromatic nitrogens is 2. The van der Waals surface area contributed by atoms with Gasteiger partial charge in [-0.15, -0.1) is 0 Å². The third-order valence-corrected chi connectivity index (χ3v) is 5.90. The van der Waals surface area contributed by atoms with Crippen LogP contribution in [0.1, 0.15) is 43.7 Å². The number of fused-ring (bicyclic) bond motifs is 1. The minimum atomic E-state index is -0.703. The second-order valence-electron chi connectivity index (χ2n) is 8.71. The quantitative estimate of drug-likeness (QED) is 0.599. The fraction of sp³-hybridized carbons (Fsp3) is 0.381. The Morgan fingerprint density at radius 1 is 1.07 bits per heavy atom. The maximum Gasteiger partial charge on any atom is 0.332 e. The van der Waals surface area contributed by atoms with Crippen molar-refractivity contribution in [3.8, 4) is 0 Å². The number of hydrogen-bond acceptors (Lipinski definition) is 6. The number of ketones is 1. The van der Waals surface area contributed by atoms with Crippen molar-refractivity contribution in [2.75, 3.05) is 5.32 Å². The molecule has 0 saturated carbocycles. The van der Waals surface area contributed by atoms with Gasteiger partial charge in [-0.3, -0.25) is 28.8 Å². The fourth-order valence-corrected chi connectivity index (χ4v) is 4.47. The molecule has 0 unspecified atom stereocenters. The van der Waals surface area contributed by atoms with Gasteiger partial charge < -0.3 is 5.32 Å². The van der Waals surface area contributed by atoms with Crippen molar-refractivity contribution in [2.24, 2.45) is 19.5 Å². The zero-order valence-corrected chi connectivity index (χ0v) is 17.2. The molecular formula is C21H22N4O5. The Hall–Kier alpha value is -3.49. The third-order valence-electron chi connectivity index (χ3n) is 5.90. The van der Waals surface area contributed by atoms with Crippen molar-refractivity contribution in [3.05, 3.63) is 77.6 Å². The average Bonchev–Trinajstić information content (AvgIpc) is 2.68. The number of rotatable bonds is 2. The van der Waals surface area contributed by atoms with Crippen LogP contribution < -0.4 is 16.6 Å². The van der Waals surface area contributed by atoms with Crippen LogP contribution in [-0.2, 0) is 18.9 Å². The first-order valence-corrected chi connectivity index (χ1v) is 9.59. The van der Waals surface area contributed by atoms with Gasteiger partial charge in [0.2, 0.25) is 0 Å². The topological polar surface area (TPSA) is 116 Å². The zero-order chi connectivity index (χ0) is 22.0. The van der Waals surface area contributed by atoms with Gasteiger partial charge in [-0.05, 0) is 17.4 Å². The lowest BCUT2D eigenvalue weighted by Crippen LogP contribution is -2.45. The molecule has 156 valence electrons. The zero-order valence-electron chi connectivity index (χ0n) is 17.2. The third kappa shape index (κ3) is 2.89. The van der Waals surface area contributed by atoms with E-state index in [1.165, 1.54) is 23.7 Å². The van der Waals surface area contributed by atoms with E-state index >= 15 is 0 Å². The van der Waals surface area contributed by atoms with Crippen LogP contribution in [-0.4, -0.2) is 19.8 Å². The summed E-state index contributed by atoms with van der Waals surface area (Å²) < 4.78 is 2.38. The van der Waals surface area contributed by atoms with Crippen molar-refractivity contribution < 1.29 is 9.72 Å². The Morgan fingerprint density at radius 3 is 2.30 bits per heavy atom. The highest BCUT2D eigenvalue weighted by molar-refractivity contribution is 6.01. The average molecular weight is 410 g/mol. The van der Waals surface area contributed by atoms with E-state index < -0.39 is 22.1 Å². The summed E-state index contributed by atoms with van der Waals surface area (Å²) in [6, 6.07) is 5.86. The monoisotopic (exact) mass is 410 g/mol. The molecule has 4 rings (SSSR count). The van der Waals surface area contributed by atoms with Crippen LogP contribution in [0.25, 0.3) is 0 Å². The normalized spacial score (nSPS) is 19.7. The second-order valence-corrected chi connectivity index (χ2v) is 8.71. The van der Waals surface area contributed by atoms with E-state index in [1.807, 2.05) is 13.8 Å². The predicted octanol–water partition coefficient (Wildman–Crippen LogP) is 2.19. The van der Waals surface area contributed by atoms with Crippen molar-refractivity contribution in [3.63, 3.8) is 0 Å². The molecule has 1 aliphatic carbocycles. The molecule has 1 aromatic heterocycles. The summed E-state index contributed by atoms with van der Waals surface area (Å²) in [5, 5.41) is 14.3. The Bertz CT molecular complexity index is 1250. The summed E-state index contributed by atoms with van der Waals surface area (Å²) >= 11 is 0. The maximum atomic E-state index is 13.2. The molecule has 0 spiro atoms. The van der Waals surface area contributed by atoms with Gasteiger partial charge in [-0.1, -0.05) is 26.0 Å². The molecule has 9 nitrogen and oxygen atoms in total. The molecule has 2 heterocycles. The van der Waals surface area contributed by atoms with E-state index in [2.05, 4.69) is 5.32 Å². The van der Waals surface area contributed by atoms with Crippen molar-refractivity contribution in [1.82, 2.24) is 9.13 Å². The Balaban J connectivity index is 2.03. The maximum absolute atomic E-state index is 13.2. The van der Waals surface area contributed by atoms with Crippen LogP contribution >= 0.6 is 0 Å². The number of hydrogen-bond donors (Lipinski definition) is 1. The Labute approximate surface area is 171 Å². The Morgan fingerprint density at radius 2 is 1.70 bits per heavy atom. The van der Waals surface area contributed by atoms with Gasteiger partial charge in [0.15, 0.2) is 5.78 Å². The standard InChI is InChI=1S/C21H22N4O5/c1-21(2)9-13-16(14(26)10-21)15(11-5-7-12(8-6-11)25(29)30)17-18(22-13)23(3)20(28)24(4)19(17)27/h5-8,15,22H,9-10H2,1-4H3/t15-/m0/s1. The molecule has 0 radical (unpaired) electrons. The highest BCUT2D eigenvalue weighted by Crippen LogP contribution is 2.47. The lowest BCUT2D eigenvalue weighted by atomic mass is 9.69. The van der Waals surface area contributed by atoms with E-state index in [0.717, 1.165) is 4.57 Å². The van der Waals surface area contributed by atoms with E-state index in [9.17, 15) is 24.5 Å². The summed E-state index contributed by atoms with van der Waals surface area (Å²) in [4.78, 5) is 49.4. The summed E-state index contributed by atoms with van der Waals surface area (Å²) in [7, 11) is 2.97. The van der Waals surface area contributed by atoms with Crippen LogP contribution in [0.15, 0.2) is 45.1 Å². The number of benzene rings is 1. The molecule has 1 aromatic carbocycles. The van der Waals surface area contributed by atoms with Gasteiger partial charge in [0.05, 0.1) is 10.5 Å². The number of non-ortho nitro benzene ring substituents is 1. The molecule has 0 bridgehead atoms. The van der Waals surface area contributed by atoms with Crippen molar-refractivity contribution in [1.29, 1.82) is 0 Å². The summed E-state index contributed by atoms with van der Waals surface area (Å²) in [5.41, 5.74) is 0.763. The van der Waals surface area contributed by atoms with Crippen LogP contribution in [0.4, 0.5) is 11.5 Å². The second kappa shape index (κ2) is 6.51. The van der Waals surface area contributed by atoms with Gasteiger partial charge in [-0.2, -0.15) is 0 Å². The minimum absolute atomic E-state index is 0.0707. The van der Waals surface area contributed by atoms with Crippen LogP contribution in [0.3, 0.4) is 0 Å². The van der Waals surface area contributed by atoms with E-state index in [-0.39, 0.29) is 16.9 Å². The molecular weight excluding hydrogens is 388 g/mol. The van der Waals surface area contributed by atoms with Crippen LogP contribution in [0, 0.1) is 15.5 Å². The lowest BCUT2D eigenvalue weighted by Gasteiger charge is -2.39. The molecule has 30 heavy (non-hydrogen) atoms. The number of nitro benzene ring substituents is 1. The molecule has 1 atom stereocenters. The first-order valence-electron chi connectivity index (χ1n) is 9.59. The van der Waals surface area contributed by atoms with Crippen LogP contribution in [0.5, 0.6) is 0 Å². The number of Topliss-reactive ketones (excluding diaryl/α,β-unsaturated/α-hetero) is 1. The van der Waals surface area contributed by atoms with Gasteiger partial charge in [0.25, 0.3) is 11.2 Å². The first-order chi connectivity index (χ1) is 14.0. The number of nitrogens with one attached hydrogen (secondary N) is 1. The fourth-order valence-electron chi connectivity index (χ4n) is 4.47. The van der Waals surface area contributed by atoms with Gasteiger partial charge >= 0.3 is 5.69 Å². The summed E-state index contributed by atoms with van der Waals surface area (Å²) in [5.74, 6) is -0.416. The molecule has 1 N–H and O–H groups in total. The molecule has 0 amide bonds. The number of nitro groups is 1. The van der Waals surface area contributed by atoms with Gasteiger partial charge in [0, 0.05) is 49.8 Å². The van der Waals surface area contributed by atoms with Crippen molar-refractivity contribution >= 4 is 17.3 Å². The van der Waals surface area contributed by atoms with E-state index in [1.54, 1.807) is 19.2 Å². The largest absolute Gasteiger partial charge is 0.344 e. The molecule has 2 aromatic rings. The molecule has 2 aliphatic rings. The number of allylic oxidation sites excluding steroid dienone is 2. The predicted molar refractivity (Wildman–Crippen MR) is 111 cm³/mol. The smallest absolute Gasteiger partial charge is 0.332 e. The number of nitrogens with zero attached hydrogens (tertiary/aromatic N) is 3. The first kappa shape index (κ1) is 19.8. The Kier molecular flexibility index (Phi) is 4.30. The molecule has 0 saturated heterocycles. The minimum Gasteiger partial charge on any atom is -0.344 e. The highest BCUT2D eigenvalue weighted by atomic mass is 16.6. The van der Waals surface area contributed by atoms with E-state index in [0.29, 0.717) is 41.1 Å². The molecule has 1 aliphatic heterocycles.